The molecule has 0 unspecified atom stereocenters. The van der Waals surface area contributed by atoms with Crippen molar-refractivity contribution < 1.29 is 63.0 Å². The van der Waals surface area contributed by atoms with Gasteiger partial charge in [-0.05, 0) is 13.8 Å². The molecule has 0 fully saturated rings. The molecule has 0 rings (SSSR count). The fourth-order valence-corrected chi connectivity index (χ4v) is 1.40. The normalized spacial score (nSPS) is 13.7. The van der Waals surface area contributed by atoms with Gasteiger partial charge in [-0.2, -0.15) is 43.9 Å². The van der Waals surface area contributed by atoms with Gasteiger partial charge in [0.1, 0.15) is 0 Å². The Bertz CT molecular complexity index is 629. The maximum atomic E-state index is 13.6. The molecule has 0 atom stereocenters. The lowest BCUT2D eigenvalue weighted by Gasteiger charge is -2.39. The monoisotopic (exact) mass is 448 g/mol. The maximum Gasteiger partial charge on any atom is 0.384 e. The molecule has 0 bridgehead atoms. The number of carbonyl (C=O) groups is 2. The molecular formula is C15H14F10O4. The summed E-state index contributed by atoms with van der Waals surface area (Å²) in [6.07, 6.45) is 0. The van der Waals surface area contributed by atoms with Crippen molar-refractivity contribution in [3.05, 3.63) is 24.3 Å². The van der Waals surface area contributed by atoms with Crippen LogP contribution in [0.15, 0.2) is 24.3 Å². The lowest BCUT2D eigenvalue weighted by atomic mass is 9.95. The molecule has 29 heavy (non-hydrogen) atoms. The smallest absolute Gasteiger partial charge is 0.384 e. The first-order valence-corrected chi connectivity index (χ1v) is 7.20. The lowest BCUT2D eigenvalue weighted by molar-refractivity contribution is -0.406. The van der Waals surface area contributed by atoms with Crippen molar-refractivity contribution in [2.24, 2.45) is 0 Å². The van der Waals surface area contributed by atoms with Crippen LogP contribution in [0.1, 0.15) is 13.8 Å². The van der Waals surface area contributed by atoms with Gasteiger partial charge in [-0.1, -0.05) is 13.2 Å². The summed E-state index contributed by atoms with van der Waals surface area (Å²) in [5, 5.41) is 0. The van der Waals surface area contributed by atoms with E-state index in [0.29, 0.717) is 0 Å². The predicted molar refractivity (Wildman–Crippen MR) is 76.3 cm³/mol. The third kappa shape index (κ3) is 5.01. The fourth-order valence-electron chi connectivity index (χ4n) is 1.40. The molecule has 4 nitrogen and oxygen atoms in total. The number of alkyl halides is 10. The molecule has 14 heteroatoms. The molecule has 0 amide bonds. The lowest BCUT2D eigenvalue weighted by Crippen LogP contribution is -2.68. The van der Waals surface area contributed by atoms with Crippen LogP contribution in [0.4, 0.5) is 43.9 Å². The van der Waals surface area contributed by atoms with E-state index >= 15 is 0 Å². The van der Waals surface area contributed by atoms with E-state index in [0.717, 1.165) is 13.8 Å². The number of rotatable bonds is 10. The van der Waals surface area contributed by atoms with Crippen molar-refractivity contribution in [3.8, 4) is 0 Å². The Hall–Kier alpha value is -2.28. The third-order valence-electron chi connectivity index (χ3n) is 3.17. The zero-order chi connectivity index (χ0) is 23.6. The molecule has 0 saturated heterocycles. The first-order chi connectivity index (χ1) is 12.7. The third-order valence-corrected chi connectivity index (χ3v) is 3.17. The van der Waals surface area contributed by atoms with Crippen LogP contribution in [0.2, 0.25) is 0 Å². The van der Waals surface area contributed by atoms with E-state index in [2.05, 4.69) is 22.6 Å². The molecule has 0 aromatic rings. The second-order valence-electron chi connectivity index (χ2n) is 5.85. The molecule has 0 aliphatic heterocycles. The maximum absolute atomic E-state index is 13.6. The van der Waals surface area contributed by atoms with Gasteiger partial charge in [-0.3, -0.25) is 0 Å². The summed E-state index contributed by atoms with van der Waals surface area (Å²) in [5.41, 5.74) is -1.26. The molecule has 0 aliphatic rings. The highest BCUT2D eigenvalue weighted by molar-refractivity contribution is 5.87. The number of hydrogen-bond acceptors (Lipinski definition) is 4. The first-order valence-electron chi connectivity index (χ1n) is 7.20. The molecule has 0 aromatic heterocycles. The molecule has 0 aromatic carbocycles. The molecule has 0 spiro atoms. The van der Waals surface area contributed by atoms with Gasteiger partial charge in [0.05, 0.1) is 0 Å². The minimum atomic E-state index is -7.38. The summed E-state index contributed by atoms with van der Waals surface area (Å²) in [4.78, 5) is 21.8. The Morgan fingerprint density at radius 2 is 0.862 bits per heavy atom. The van der Waals surface area contributed by atoms with Crippen LogP contribution in [-0.4, -0.2) is 54.8 Å². The van der Waals surface area contributed by atoms with Gasteiger partial charge in [0.15, 0.2) is 13.2 Å². The van der Waals surface area contributed by atoms with Crippen LogP contribution in [0.3, 0.4) is 0 Å². The molecule has 0 aliphatic carbocycles. The van der Waals surface area contributed by atoms with Crippen LogP contribution in [-0.2, 0) is 19.1 Å². The van der Waals surface area contributed by atoms with Crippen LogP contribution in [0.5, 0.6) is 0 Å². The van der Waals surface area contributed by atoms with Gasteiger partial charge in [-0.15, -0.1) is 0 Å². The summed E-state index contributed by atoms with van der Waals surface area (Å²) in [5.74, 6) is -37.5. The Kier molecular flexibility index (Phi) is 7.58. The van der Waals surface area contributed by atoms with Crippen LogP contribution < -0.4 is 0 Å². The van der Waals surface area contributed by atoms with Crippen molar-refractivity contribution in [1.82, 2.24) is 0 Å². The van der Waals surface area contributed by atoms with Crippen molar-refractivity contribution >= 4 is 11.9 Å². The number of carbonyl (C=O) groups excluding carboxylic acids is 2. The molecule has 0 heterocycles. The zero-order valence-electron chi connectivity index (χ0n) is 14.7. The van der Waals surface area contributed by atoms with E-state index in [1.807, 2.05) is 0 Å². The highest BCUT2D eigenvalue weighted by atomic mass is 19.4. The first kappa shape index (κ1) is 26.7. The van der Waals surface area contributed by atoms with Crippen molar-refractivity contribution in [1.29, 1.82) is 0 Å². The zero-order valence-corrected chi connectivity index (χ0v) is 14.7. The predicted octanol–water partition coefficient (Wildman–Crippen LogP) is 4.40. The van der Waals surface area contributed by atoms with Crippen molar-refractivity contribution in [2.45, 2.75) is 43.5 Å². The van der Waals surface area contributed by atoms with Gasteiger partial charge in [-0.25, -0.2) is 9.59 Å². The summed E-state index contributed by atoms with van der Waals surface area (Å²) in [6, 6.07) is 0. The second kappa shape index (κ2) is 8.22. The quantitative estimate of drug-likeness (QED) is 0.283. The van der Waals surface area contributed by atoms with Gasteiger partial charge >= 0.3 is 41.6 Å². The average Bonchev–Trinajstić information content (AvgIpc) is 2.56. The molecule has 168 valence electrons. The number of hydrogen-bond donors (Lipinski definition) is 0. The van der Waals surface area contributed by atoms with E-state index in [1.54, 1.807) is 0 Å². The Morgan fingerprint density at radius 3 is 1.07 bits per heavy atom. The van der Waals surface area contributed by atoms with E-state index in [4.69, 9.17) is 0 Å². The van der Waals surface area contributed by atoms with Crippen LogP contribution in [0.25, 0.3) is 0 Å². The Morgan fingerprint density at radius 1 is 0.621 bits per heavy atom. The molecule has 0 N–H and O–H groups in total. The Balaban J connectivity index is 5.82. The van der Waals surface area contributed by atoms with Gasteiger partial charge < -0.3 is 9.47 Å². The number of halogens is 10. The molecule has 0 saturated carbocycles. The van der Waals surface area contributed by atoms with E-state index in [-0.39, 0.29) is 0 Å². The van der Waals surface area contributed by atoms with Crippen molar-refractivity contribution in [2.75, 3.05) is 13.2 Å². The summed E-state index contributed by atoms with van der Waals surface area (Å²) in [7, 11) is 0. The fraction of sp³-hybridized carbons (Fsp3) is 0.600. The summed E-state index contributed by atoms with van der Waals surface area (Å²) < 4.78 is 142. The van der Waals surface area contributed by atoms with Gasteiger partial charge in [0, 0.05) is 11.1 Å². The molecular weight excluding hydrogens is 434 g/mol. The highest BCUT2D eigenvalue weighted by Crippen LogP contribution is 2.57. The van der Waals surface area contributed by atoms with Crippen molar-refractivity contribution in [3.63, 3.8) is 0 Å². The minimum Gasteiger partial charge on any atom is -0.456 e. The number of esters is 2. The highest BCUT2D eigenvalue weighted by Gasteiger charge is 2.86. The largest absolute Gasteiger partial charge is 0.456 e. The van der Waals surface area contributed by atoms with Gasteiger partial charge in [0.25, 0.3) is 0 Å². The average molecular weight is 448 g/mol. The van der Waals surface area contributed by atoms with Crippen LogP contribution in [0, 0.1) is 0 Å². The topological polar surface area (TPSA) is 52.6 Å². The van der Waals surface area contributed by atoms with Gasteiger partial charge in [0.2, 0.25) is 0 Å². The van der Waals surface area contributed by atoms with E-state index < -0.39 is 65.9 Å². The SMILES string of the molecule is C=C(C)C(=O)OCC(F)(F)C(F)(F)C(F)(F)C(F)(F)C(F)(F)COC(=O)C(=C)C. The van der Waals surface area contributed by atoms with E-state index in [1.165, 1.54) is 0 Å². The Labute approximate surface area is 157 Å². The van der Waals surface area contributed by atoms with E-state index in [9.17, 15) is 53.5 Å². The second-order valence-corrected chi connectivity index (χ2v) is 5.85. The number of ether oxygens (including phenoxy) is 2. The summed E-state index contributed by atoms with van der Waals surface area (Å²) >= 11 is 0. The molecule has 0 radical (unpaired) electrons. The van der Waals surface area contributed by atoms with Crippen LogP contribution >= 0.6 is 0 Å². The summed E-state index contributed by atoms with van der Waals surface area (Å²) in [6.45, 7) is 1.76. The standard InChI is InChI=1S/C15H14F10O4/c1-7(2)9(26)28-5-11(16,17)13(20,21)15(24,25)14(22,23)12(18,19)6-29-10(27)8(3)4/h1,3,5-6H2,2,4H3. The minimum absolute atomic E-state index is 0.632.